The minimum atomic E-state index is -0.916. The van der Waals surface area contributed by atoms with Gasteiger partial charge in [-0.1, -0.05) is 19.9 Å². The van der Waals surface area contributed by atoms with Gasteiger partial charge in [0, 0.05) is 25.2 Å². The number of anilines is 1. The third-order valence-electron chi connectivity index (χ3n) is 2.75. The Labute approximate surface area is 123 Å². The van der Waals surface area contributed by atoms with Gasteiger partial charge in [0.15, 0.2) is 0 Å². The SMILES string of the molecule is CC(C)CN(CCC(=O)Nc1cccc(F)c1)CC(=O)O. The van der Waals surface area contributed by atoms with Crippen LogP contribution in [0.5, 0.6) is 0 Å². The van der Waals surface area contributed by atoms with Crippen molar-refractivity contribution in [2.24, 2.45) is 5.92 Å². The monoisotopic (exact) mass is 296 g/mol. The first kappa shape index (κ1) is 17.1. The molecule has 0 aliphatic carbocycles. The van der Waals surface area contributed by atoms with Gasteiger partial charge in [-0.2, -0.15) is 0 Å². The first-order valence-electron chi connectivity index (χ1n) is 6.86. The molecule has 21 heavy (non-hydrogen) atoms. The number of carboxylic acids is 1. The molecule has 0 unspecified atom stereocenters. The van der Waals surface area contributed by atoms with Crippen molar-refractivity contribution in [2.45, 2.75) is 20.3 Å². The maximum atomic E-state index is 13.0. The molecule has 0 heterocycles. The molecule has 6 heteroatoms. The second-order valence-corrected chi connectivity index (χ2v) is 5.33. The molecule has 1 amide bonds. The molecular weight excluding hydrogens is 275 g/mol. The predicted molar refractivity (Wildman–Crippen MR) is 78.6 cm³/mol. The third-order valence-corrected chi connectivity index (χ3v) is 2.75. The van der Waals surface area contributed by atoms with Gasteiger partial charge in [-0.25, -0.2) is 4.39 Å². The van der Waals surface area contributed by atoms with Crippen LogP contribution in [0.4, 0.5) is 10.1 Å². The van der Waals surface area contributed by atoms with Crippen LogP contribution in [0, 0.1) is 11.7 Å². The van der Waals surface area contributed by atoms with Crippen LogP contribution in [0.15, 0.2) is 24.3 Å². The number of hydrogen-bond acceptors (Lipinski definition) is 3. The molecule has 0 aliphatic heterocycles. The van der Waals surface area contributed by atoms with Crippen LogP contribution in [0.2, 0.25) is 0 Å². The van der Waals surface area contributed by atoms with E-state index in [0.29, 0.717) is 24.7 Å². The van der Waals surface area contributed by atoms with Crippen LogP contribution >= 0.6 is 0 Å². The normalized spacial score (nSPS) is 10.9. The third kappa shape index (κ3) is 7.41. The van der Waals surface area contributed by atoms with Crippen molar-refractivity contribution >= 4 is 17.6 Å². The fourth-order valence-corrected chi connectivity index (χ4v) is 1.99. The van der Waals surface area contributed by atoms with E-state index in [1.807, 2.05) is 13.8 Å². The first-order valence-corrected chi connectivity index (χ1v) is 6.86. The highest BCUT2D eigenvalue weighted by molar-refractivity contribution is 5.90. The van der Waals surface area contributed by atoms with E-state index in [9.17, 15) is 14.0 Å². The van der Waals surface area contributed by atoms with Crippen LogP contribution < -0.4 is 5.32 Å². The summed E-state index contributed by atoms with van der Waals surface area (Å²) in [6, 6.07) is 5.65. The van der Waals surface area contributed by atoms with Crippen molar-refractivity contribution in [1.29, 1.82) is 0 Å². The highest BCUT2D eigenvalue weighted by atomic mass is 19.1. The van der Waals surface area contributed by atoms with Crippen LogP contribution in [-0.2, 0) is 9.59 Å². The fraction of sp³-hybridized carbons (Fsp3) is 0.467. The number of nitrogens with one attached hydrogen (secondary N) is 1. The lowest BCUT2D eigenvalue weighted by Crippen LogP contribution is -2.35. The number of benzene rings is 1. The number of aliphatic carboxylic acids is 1. The van der Waals surface area contributed by atoms with Crippen LogP contribution in [-0.4, -0.2) is 41.5 Å². The van der Waals surface area contributed by atoms with Gasteiger partial charge in [-0.3, -0.25) is 14.5 Å². The number of halogens is 1. The maximum absolute atomic E-state index is 13.0. The number of carbonyl (C=O) groups is 2. The number of nitrogens with zero attached hydrogens (tertiary/aromatic N) is 1. The maximum Gasteiger partial charge on any atom is 0.317 e. The van der Waals surface area contributed by atoms with E-state index < -0.39 is 11.8 Å². The summed E-state index contributed by atoms with van der Waals surface area (Å²) in [5, 5.41) is 11.4. The molecule has 5 nitrogen and oxygen atoms in total. The second-order valence-electron chi connectivity index (χ2n) is 5.33. The Morgan fingerprint density at radius 3 is 2.67 bits per heavy atom. The van der Waals surface area contributed by atoms with Crippen molar-refractivity contribution < 1.29 is 19.1 Å². The molecule has 0 saturated carbocycles. The summed E-state index contributed by atoms with van der Waals surface area (Å²) in [6.07, 6.45) is 0.163. The number of hydrogen-bond donors (Lipinski definition) is 2. The standard InChI is InChI=1S/C15H21FN2O3/c1-11(2)9-18(10-15(20)21)7-6-14(19)17-13-5-3-4-12(16)8-13/h3-5,8,11H,6-7,9-10H2,1-2H3,(H,17,19)(H,20,21). The molecule has 0 spiro atoms. The zero-order valence-corrected chi connectivity index (χ0v) is 12.3. The zero-order valence-electron chi connectivity index (χ0n) is 12.3. The van der Waals surface area contributed by atoms with Crippen LogP contribution in [0.3, 0.4) is 0 Å². The highest BCUT2D eigenvalue weighted by Gasteiger charge is 2.13. The Bertz CT molecular complexity index is 492. The summed E-state index contributed by atoms with van der Waals surface area (Å²) in [5.74, 6) is -1.28. The molecule has 0 aliphatic rings. The van der Waals surface area contributed by atoms with Gasteiger partial charge in [-0.05, 0) is 24.1 Å². The fourth-order valence-electron chi connectivity index (χ4n) is 1.99. The minimum Gasteiger partial charge on any atom is -0.480 e. The zero-order chi connectivity index (χ0) is 15.8. The molecule has 1 aromatic rings. The lowest BCUT2D eigenvalue weighted by molar-refractivity contribution is -0.138. The predicted octanol–water partition coefficient (Wildman–Crippen LogP) is 2.20. The van der Waals surface area contributed by atoms with Gasteiger partial charge >= 0.3 is 5.97 Å². The van der Waals surface area contributed by atoms with Crippen molar-refractivity contribution in [3.63, 3.8) is 0 Å². The first-order chi connectivity index (χ1) is 9.86. The molecule has 0 fully saturated rings. The molecule has 0 saturated heterocycles. The molecule has 116 valence electrons. The summed E-state index contributed by atoms with van der Waals surface area (Å²) in [5.41, 5.74) is 0.397. The molecule has 0 radical (unpaired) electrons. The summed E-state index contributed by atoms with van der Waals surface area (Å²) in [6.45, 7) is 4.85. The number of carbonyl (C=O) groups excluding carboxylic acids is 1. The average molecular weight is 296 g/mol. The van der Waals surface area contributed by atoms with Gasteiger partial charge in [0.1, 0.15) is 5.82 Å². The van der Waals surface area contributed by atoms with E-state index >= 15 is 0 Å². The van der Waals surface area contributed by atoms with E-state index in [2.05, 4.69) is 5.32 Å². The molecule has 1 rings (SSSR count). The lowest BCUT2D eigenvalue weighted by Gasteiger charge is -2.21. The molecule has 0 aromatic heterocycles. The van der Waals surface area contributed by atoms with E-state index in [-0.39, 0.29) is 18.9 Å². The summed E-state index contributed by atoms with van der Waals surface area (Å²) in [4.78, 5) is 24.3. The summed E-state index contributed by atoms with van der Waals surface area (Å²) in [7, 11) is 0. The van der Waals surface area contributed by atoms with E-state index in [4.69, 9.17) is 5.11 Å². The van der Waals surface area contributed by atoms with Gasteiger partial charge in [0.2, 0.25) is 5.91 Å². The molecule has 0 atom stereocenters. The van der Waals surface area contributed by atoms with Crippen LogP contribution in [0.25, 0.3) is 0 Å². The largest absolute Gasteiger partial charge is 0.480 e. The number of rotatable bonds is 8. The van der Waals surface area contributed by atoms with E-state index in [1.165, 1.54) is 18.2 Å². The minimum absolute atomic E-state index is 0.0918. The van der Waals surface area contributed by atoms with E-state index in [0.717, 1.165) is 0 Å². The van der Waals surface area contributed by atoms with Gasteiger partial charge in [-0.15, -0.1) is 0 Å². The smallest absolute Gasteiger partial charge is 0.317 e. The van der Waals surface area contributed by atoms with Crippen molar-refractivity contribution in [1.82, 2.24) is 4.90 Å². The number of amides is 1. The Kier molecular flexibility index (Phi) is 6.81. The number of carboxylic acid groups (broad SMARTS) is 1. The van der Waals surface area contributed by atoms with Crippen LogP contribution in [0.1, 0.15) is 20.3 Å². The van der Waals surface area contributed by atoms with Gasteiger partial charge < -0.3 is 10.4 Å². The lowest BCUT2D eigenvalue weighted by atomic mass is 10.2. The van der Waals surface area contributed by atoms with Crippen molar-refractivity contribution in [3.05, 3.63) is 30.1 Å². The Morgan fingerprint density at radius 2 is 2.10 bits per heavy atom. The second kappa shape index (κ2) is 8.36. The molecule has 1 aromatic carbocycles. The Hall–Kier alpha value is -1.95. The Balaban J connectivity index is 2.47. The average Bonchev–Trinajstić information content (AvgIpc) is 2.34. The topological polar surface area (TPSA) is 69.6 Å². The van der Waals surface area contributed by atoms with Crippen molar-refractivity contribution in [2.75, 3.05) is 25.0 Å². The molecule has 2 N–H and O–H groups in total. The van der Waals surface area contributed by atoms with Gasteiger partial charge in [0.25, 0.3) is 0 Å². The quantitative estimate of drug-likeness (QED) is 0.771. The summed E-state index contributed by atoms with van der Waals surface area (Å²) >= 11 is 0. The molecular formula is C15H21FN2O3. The Morgan fingerprint density at radius 1 is 1.38 bits per heavy atom. The van der Waals surface area contributed by atoms with Crippen molar-refractivity contribution in [3.8, 4) is 0 Å². The van der Waals surface area contributed by atoms with Gasteiger partial charge in [0.05, 0.1) is 6.54 Å². The summed E-state index contributed by atoms with van der Waals surface area (Å²) < 4.78 is 13.0. The van der Waals surface area contributed by atoms with E-state index in [1.54, 1.807) is 11.0 Å². The molecule has 0 bridgehead atoms. The highest BCUT2D eigenvalue weighted by Crippen LogP contribution is 2.09.